The minimum Gasteiger partial charge on any atom is -0.480 e. The van der Waals surface area contributed by atoms with Crippen LogP contribution in [0.5, 0.6) is 0 Å². The fourth-order valence-corrected chi connectivity index (χ4v) is 2.17. The molecule has 0 radical (unpaired) electrons. The predicted octanol–water partition coefficient (Wildman–Crippen LogP) is 2.05. The molecule has 6 nitrogen and oxygen atoms in total. The van der Waals surface area contributed by atoms with Crippen LogP contribution in [0.15, 0.2) is 0 Å². The second kappa shape index (κ2) is 6.28. The van der Waals surface area contributed by atoms with E-state index in [1.807, 2.05) is 20.8 Å². The van der Waals surface area contributed by atoms with Gasteiger partial charge in [-0.15, -0.1) is 0 Å². The Morgan fingerprint density at radius 1 is 1.33 bits per heavy atom. The summed E-state index contributed by atoms with van der Waals surface area (Å²) < 4.78 is 1.62. The second-order valence-electron chi connectivity index (χ2n) is 6.63. The number of nitrogens with one attached hydrogen (secondary N) is 1. The molecule has 0 bridgehead atoms. The molecule has 1 heterocycles. The smallest absolute Gasteiger partial charge is 0.326 e. The van der Waals surface area contributed by atoms with Crippen molar-refractivity contribution < 1.29 is 14.7 Å². The van der Waals surface area contributed by atoms with E-state index in [1.54, 1.807) is 25.6 Å². The molecule has 0 spiro atoms. The number of carboxylic acids is 1. The van der Waals surface area contributed by atoms with Crippen molar-refractivity contribution in [2.75, 3.05) is 0 Å². The molecule has 0 saturated heterocycles. The number of aliphatic carboxylic acids is 1. The molecular formula is C15H25N3O3. The number of carbonyl (C=O) groups excluding carboxylic acids is 1. The fourth-order valence-electron chi connectivity index (χ4n) is 2.17. The van der Waals surface area contributed by atoms with Crippen LogP contribution in [0, 0.1) is 19.3 Å². The Morgan fingerprint density at radius 2 is 1.90 bits per heavy atom. The maximum atomic E-state index is 12.3. The van der Waals surface area contributed by atoms with Crippen LogP contribution in [0.1, 0.15) is 55.4 Å². The molecule has 1 rings (SSSR count). The van der Waals surface area contributed by atoms with E-state index in [0.717, 1.165) is 12.1 Å². The number of hydrogen-bond donors (Lipinski definition) is 2. The minimum atomic E-state index is -1.01. The van der Waals surface area contributed by atoms with E-state index >= 15 is 0 Å². The minimum absolute atomic E-state index is 0.0264. The molecule has 0 aliphatic carbocycles. The van der Waals surface area contributed by atoms with Crippen LogP contribution in [0.25, 0.3) is 0 Å². The molecule has 0 aliphatic rings. The number of amides is 1. The second-order valence-corrected chi connectivity index (χ2v) is 6.63. The van der Waals surface area contributed by atoms with E-state index in [0.29, 0.717) is 17.7 Å². The van der Waals surface area contributed by atoms with Gasteiger partial charge in [-0.25, -0.2) is 4.79 Å². The van der Waals surface area contributed by atoms with Gasteiger partial charge in [-0.05, 0) is 32.1 Å². The van der Waals surface area contributed by atoms with Crippen molar-refractivity contribution in [3.8, 4) is 0 Å². The van der Waals surface area contributed by atoms with Crippen molar-refractivity contribution in [3.63, 3.8) is 0 Å². The van der Waals surface area contributed by atoms with Gasteiger partial charge in [-0.1, -0.05) is 20.8 Å². The summed E-state index contributed by atoms with van der Waals surface area (Å²) in [6.45, 7) is 9.67. The van der Waals surface area contributed by atoms with Gasteiger partial charge in [0.2, 0.25) is 0 Å². The van der Waals surface area contributed by atoms with Crippen LogP contribution in [0.3, 0.4) is 0 Å². The van der Waals surface area contributed by atoms with E-state index in [2.05, 4.69) is 10.4 Å². The maximum Gasteiger partial charge on any atom is 0.326 e. The Balaban J connectivity index is 2.84. The topological polar surface area (TPSA) is 84.2 Å². The predicted molar refractivity (Wildman–Crippen MR) is 80.3 cm³/mol. The third-order valence-electron chi connectivity index (χ3n) is 3.52. The molecule has 0 fully saturated rings. The highest BCUT2D eigenvalue weighted by Gasteiger charge is 2.25. The first-order valence-electron chi connectivity index (χ1n) is 7.07. The molecule has 1 aromatic heterocycles. The first kappa shape index (κ1) is 17.2. The summed E-state index contributed by atoms with van der Waals surface area (Å²) in [6.07, 6.45) is 1.12. The van der Waals surface area contributed by atoms with Gasteiger partial charge < -0.3 is 10.4 Å². The quantitative estimate of drug-likeness (QED) is 0.870. The summed E-state index contributed by atoms with van der Waals surface area (Å²) in [5.41, 5.74) is 1.82. The number of aromatic nitrogens is 2. The van der Waals surface area contributed by atoms with Gasteiger partial charge in [0.1, 0.15) is 6.04 Å². The van der Waals surface area contributed by atoms with Crippen molar-refractivity contribution in [2.24, 2.45) is 12.5 Å². The summed E-state index contributed by atoms with van der Waals surface area (Å²) in [7, 11) is 1.76. The number of carboxylic acid groups (broad SMARTS) is 1. The zero-order valence-electron chi connectivity index (χ0n) is 13.6. The summed E-state index contributed by atoms with van der Waals surface area (Å²) in [5.74, 6) is -1.38. The Morgan fingerprint density at radius 3 is 2.29 bits per heavy atom. The molecule has 2 N–H and O–H groups in total. The molecule has 1 unspecified atom stereocenters. The van der Waals surface area contributed by atoms with Gasteiger partial charge in [0.25, 0.3) is 5.91 Å². The van der Waals surface area contributed by atoms with Gasteiger partial charge in [0.15, 0.2) is 0 Å². The van der Waals surface area contributed by atoms with Crippen LogP contribution in [-0.4, -0.2) is 32.8 Å². The van der Waals surface area contributed by atoms with E-state index in [9.17, 15) is 14.7 Å². The largest absolute Gasteiger partial charge is 0.480 e. The monoisotopic (exact) mass is 295 g/mol. The van der Waals surface area contributed by atoms with Crippen molar-refractivity contribution in [3.05, 3.63) is 17.0 Å². The average molecular weight is 295 g/mol. The Bertz CT molecular complexity index is 541. The Hall–Kier alpha value is -1.85. The molecular weight excluding hydrogens is 270 g/mol. The lowest BCUT2D eigenvalue weighted by Gasteiger charge is -2.21. The average Bonchev–Trinajstić information content (AvgIpc) is 2.57. The summed E-state index contributed by atoms with van der Waals surface area (Å²) in [4.78, 5) is 23.6. The molecule has 21 heavy (non-hydrogen) atoms. The third kappa shape index (κ3) is 4.58. The fraction of sp³-hybridized carbons (Fsp3) is 0.667. The number of aryl methyl sites for hydroxylation is 2. The first-order chi connectivity index (χ1) is 9.53. The van der Waals surface area contributed by atoms with Crippen LogP contribution in [-0.2, 0) is 11.8 Å². The molecule has 0 aromatic carbocycles. The Labute approximate surface area is 125 Å². The summed E-state index contributed by atoms with van der Waals surface area (Å²) in [6, 6.07) is -0.879. The zero-order valence-corrected chi connectivity index (χ0v) is 13.6. The van der Waals surface area contributed by atoms with Crippen molar-refractivity contribution >= 4 is 11.9 Å². The molecule has 118 valence electrons. The molecule has 0 aliphatic heterocycles. The highest BCUT2D eigenvalue weighted by atomic mass is 16.4. The molecule has 1 amide bonds. The van der Waals surface area contributed by atoms with Gasteiger partial charge in [-0.3, -0.25) is 9.48 Å². The summed E-state index contributed by atoms with van der Waals surface area (Å²) >= 11 is 0. The SMILES string of the molecule is Cc1nn(C)c(C)c1C(=O)NC(CCC(C)(C)C)C(=O)O. The van der Waals surface area contributed by atoms with Gasteiger partial charge in [-0.2, -0.15) is 5.10 Å². The Kier molecular flexibility index (Phi) is 5.15. The van der Waals surface area contributed by atoms with E-state index < -0.39 is 12.0 Å². The van der Waals surface area contributed by atoms with Crippen LogP contribution in [0.4, 0.5) is 0 Å². The number of nitrogens with zero attached hydrogens (tertiary/aromatic N) is 2. The highest BCUT2D eigenvalue weighted by molar-refractivity contribution is 5.98. The van der Waals surface area contributed by atoms with Crippen molar-refractivity contribution in [2.45, 2.75) is 53.5 Å². The van der Waals surface area contributed by atoms with Crippen LogP contribution >= 0.6 is 0 Å². The van der Waals surface area contributed by atoms with E-state index in [1.165, 1.54) is 0 Å². The van der Waals surface area contributed by atoms with E-state index in [-0.39, 0.29) is 11.3 Å². The molecule has 6 heteroatoms. The van der Waals surface area contributed by atoms with Gasteiger partial charge in [0.05, 0.1) is 11.3 Å². The zero-order chi connectivity index (χ0) is 16.4. The highest BCUT2D eigenvalue weighted by Crippen LogP contribution is 2.22. The molecule has 1 aromatic rings. The number of carbonyl (C=O) groups is 2. The van der Waals surface area contributed by atoms with Crippen molar-refractivity contribution in [1.29, 1.82) is 0 Å². The molecule has 1 atom stereocenters. The van der Waals surface area contributed by atoms with Gasteiger partial charge in [0, 0.05) is 12.7 Å². The summed E-state index contributed by atoms with van der Waals surface area (Å²) in [5, 5.41) is 16.1. The molecule has 0 saturated carbocycles. The van der Waals surface area contributed by atoms with Gasteiger partial charge >= 0.3 is 5.97 Å². The first-order valence-corrected chi connectivity index (χ1v) is 7.07. The van der Waals surface area contributed by atoms with Crippen molar-refractivity contribution in [1.82, 2.24) is 15.1 Å². The van der Waals surface area contributed by atoms with Crippen LogP contribution in [0.2, 0.25) is 0 Å². The lowest BCUT2D eigenvalue weighted by atomic mass is 9.88. The van der Waals surface area contributed by atoms with Crippen LogP contribution < -0.4 is 5.32 Å². The lowest BCUT2D eigenvalue weighted by molar-refractivity contribution is -0.139. The third-order valence-corrected chi connectivity index (χ3v) is 3.52. The lowest BCUT2D eigenvalue weighted by Crippen LogP contribution is -2.41. The van der Waals surface area contributed by atoms with E-state index in [4.69, 9.17) is 0 Å². The standard InChI is InChI=1S/C15H25N3O3/c1-9-12(10(2)18(6)17-9)13(19)16-11(14(20)21)7-8-15(3,4)5/h11H,7-8H2,1-6H3,(H,16,19)(H,20,21). The normalized spacial score (nSPS) is 13.0. The number of hydrogen-bond acceptors (Lipinski definition) is 3. The number of rotatable bonds is 5. The maximum absolute atomic E-state index is 12.3.